The lowest BCUT2D eigenvalue weighted by Crippen LogP contribution is -2.34. The van der Waals surface area contributed by atoms with Gasteiger partial charge in [0.2, 0.25) is 0 Å². The number of rotatable bonds is 2. The third-order valence-electron chi connectivity index (χ3n) is 3.23. The van der Waals surface area contributed by atoms with Gasteiger partial charge >= 0.3 is 0 Å². The average Bonchev–Trinajstić information content (AvgIpc) is 2.64. The van der Waals surface area contributed by atoms with Crippen molar-refractivity contribution in [2.75, 3.05) is 7.11 Å². The summed E-state index contributed by atoms with van der Waals surface area (Å²) < 4.78 is 31.9. The van der Waals surface area contributed by atoms with E-state index >= 15 is 0 Å². The van der Waals surface area contributed by atoms with Crippen molar-refractivity contribution in [3.8, 4) is 5.75 Å². The van der Waals surface area contributed by atoms with Crippen molar-refractivity contribution in [2.24, 2.45) is 5.73 Å². The second kappa shape index (κ2) is 4.01. The number of hydrogen-bond donors (Lipinski definition) is 1. The Morgan fingerprint density at radius 2 is 1.88 bits per heavy atom. The summed E-state index contributed by atoms with van der Waals surface area (Å²) in [5.74, 6) is -1.04. The quantitative estimate of drug-likeness (QED) is 0.843. The Bertz CT molecular complexity index is 400. The molecule has 0 amide bonds. The van der Waals surface area contributed by atoms with E-state index in [1.54, 1.807) is 0 Å². The van der Waals surface area contributed by atoms with Crippen LogP contribution in [0.4, 0.5) is 8.78 Å². The van der Waals surface area contributed by atoms with E-state index in [1.165, 1.54) is 13.2 Å². The Hall–Kier alpha value is -1.16. The summed E-state index contributed by atoms with van der Waals surface area (Å²) in [5.41, 5.74) is 5.77. The fraction of sp³-hybridized carbons (Fsp3) is 0.500. The van der Waals surface area contributed by atoms with Crippen LogP contribution in [-0.4, -0.2) is 7.11 Å². The molecule has 2 nitrogen and oxygen atoms in total. The summed E-state index contributed by atoms with van der Waals surface area (Å²) in [6.07, 6.45) is 3.37. The number of halogens is 2. The second-order valence-corrected chi connectivity index (χ2v) is 4.33. The lowest BCUT2D eigenvalue weighted by molar-refractivity contribution is 0.361. The molecule has 0 bridgehead atoms. The highest BCUT2D eigenvalue weighted by molar-refractivity contribution is 5.41. The van der Waals surface area contributed by atoms with E-state index in [0.29, 0.717) is 18.4 Å². The number of nitrogens with two attached hydrogens (primary N) is 1. The van der Waals surface area contributed by atoms with Crippen LogP contribution >= 0.6 is 0 Å². The third-order valence-corrected chi connectivity index (χ3v) is 3.23. The first kappa shape index (κ1) is 11.3. The van der Waals surface area contributed by atoms with Gasteiger partial charge < -0.3 is 10.5 Å². The fourth-order valence-corrected chi connectivity index (χ4v) is 2.45. The van der Waals surface area contributed by atoms with Gasteiger partial charge in [-0.15, -0.1) is 0 Å². The van der Waals surface area contributed by atoms with Crippen molar-refractivity contribution in [1.29, 1.82) is 0 Å². The molecule has 16 heavy (non-hydrogen) atoms. The van der Waals surface area contributed by atoms with Crippen LogP contribution in [0.5, 0.6) is 5.75 Å². The highest BCUT2D eigenvalue weighted by Crippen LogP contribution is 2.42. The highest BCUT2D eigenvalue weighted by Gasteiger charge is 2.36. The summed E-state index contributed by atoms with van der Waals surface area (Å²) in [6.45, 7) is 0. The van der Waals surface area contributed by atoms with Gasteiger partial charge in [-0.3, -0.25) is 0 Å². The van der Waals surface area contributed by atoms with Crippen molar-refractivity contribution in [3.63, 3.8) is 0 Å². The fourth-order valence-electron chi connectivity index (χ4n) is 2.45. The molecule has 1 aliphatic rings. The normalized spacial score (nSPS) is 18.8. The van der Waals surface area contributed by atoms with Crippen molar-refractivity contribution in [2.45, 2.75) is 31.2 Å². The minimum absolute atomic E-state index is 0.210. The predicted molar refractivity (Wildman–Crippen MR) is 57.2 cm³/mol. The lowest BCUT2D eigenvalue weighted by Gasteiger charge is -2.26. The first-order chi connectivity index (χ1) is 7.57. The smallest absolute Gasteiger partial charge is 0.134 e. The molecule has 0 atom stereocenters. The Morgan fingerprint density at radius 1 is 1.25 bits per heavy atom. The first-order valence-electron chi connectivity index (χ1n) is 5.39. The van der Waals surface area contributed by atoms with Crippen LogP contribution in [0.2, 0.25) is 0 Å². The molecule has 0 aromatic heterocycles. The zero-order valence-corrected chi connectivity index (χ0v) is 9.22. The van der Waals surface area contributed by atoms with Crippen LogP contribution in [-0.2, 0) is 5.54 Å². The summed E-state index contributed by atoms with van der Waals surface area (Å²) in [4.78, 5) is 0. The van der Waals surface area contributed by atoms with E-state index in [0.717, 1.165) is 18.9 Å². The van der Waals surface area contributed by atoms with E-state index in [9.17, 15) is 8.78 Å². The van der Waals surface area contributed by atoms with E-state index in [2.05, 4.69) is 0 Å². The van der Waals surface area contributed by atoms with Gasteiger partial charge in [0.15, 0.2) is 0 Å². The Kier molecular flexibility index (Phi) is 2.84. The summed E-state index contributed by atoms with van der Waals surface area (Å²) >= 11 is 0. The standard InChI is InChI=1S/C12H15F2NO/c1-16-10-7-8(13)6-9(14)11(10)12(15)4-2-3-5-12/h6-7H,2-5,15H2,1H3. The summed E-state index contributed by atoms with van der Waals surface area (Å²) in [5, 5.41) is 0. The molecule has 0 spiro atoms. The zero-order valence-electron chi connectivity index (χ0n) is 9.22. The molecule has 1 aliphatic carbocycles. The monoisotopic (exact) mass is 227 g/mol. The second-order valence-electron chi connectivity index (χ2n) is 4.33. The Morgan fingerprint density at radius 3 is 2.44 bits per heavy atom. The Balaban J connectivity index is 2.54. The van der Waals surface area contributed by atoms with Gasteiger partial charge in [-0.25, -0.2) is 8.78 Å². The van der Waals surface area contributed by atoms with Crippen LogP contribution in [0.1, 0.15) is 31.2 Å². The van der Waals surface area contributed by atoms with Gasteiger partial charge in [0, 0.05) is 23.2 Å². The maximum atomic E-state index is 13.8. The summed E-state index contributed by atoms with van der Waals surface area (Å²) in [7, 11) is 1.40. The molecule has 0 heterocycles. The van der Waals surface area contributed by atoms with E-state index in [4.69, 9.17) is 10.5 Å². The van der Waals surface area contributed by atoms with Crippen molar-refractivity contribution in [3.05, 3.63) is 29.3 Å². The largest absolute Gasteiger partial charge is 0.496 e. The minimum atomic E-state index is -0.705. The number of benzene rings is 1. The van der Waals surface area contributed by atoms with Gasteiger partial charge in [-0.05, 0) is 12.8 Å². The molecular formula is C12H15F2NO. The van der Waals surface area contributed by atoms with Crippen molar-refractivity contribution < 1.29 is 13.5 Å². The molecule has 88 valence electrons. The van der Waals surface area contributed by atoms with E-state index < -0.39 is 17.2 Å². The molecular weight excluding hydrogens is 212 g/mol. The Labute approximate surface area is 93.4 Å². The van der Waals surface area contributed by atoms with Crippen LogP contribution in [0.25, 0.3) is 0 Å². The van der Waals surface area contributed by atoms with Gasteiger partial charge in [0.1, 0.15) is 17.4 Å². The minimum Gasteiger partial charge on any atom is -0.496 e. The molecule has 2 rings (SSSR count). The SMILES string of the molecule is COc1cc(F)cc(F)c1C1(N)CCCC1. The van der Waals surface area contributed by atoms with Crippen LogP contribution in [0.3, 0.4) is 0 Å². The van der Waals surface area contributed by atoms with E-state index in [1.807, 2.05) is 0 Å². The molecule has 0 aliphatic heterocycles. The van der Waals surface area contributed by atoms with Crippen molar-refractivity contribution in [1.82, 2.24) is 0 Å². The average molecular weight is 227 g/mol. The number of hydrogen-bond acceptors (Lipinski definition) is 2. The third kappa shape index (κ3) is 1.78. The van der Waals surface area contributed by atoms with Crippen molar-refractivity contribution >= 4 is 0 Å². The maximum absolute atomic E-state index is 13.8. The molecule has 1 aromatic rings. The zero-order chi connectivity index (χ0) is 11.8. The topological polar surface area (TPSA) is 35.2 Å². The predicted octanol–water partition coefficient (Wildman–Crippen LogP) is 2.70. The molecule has 0 saturated heterocycles. The highest BCUT2D eigenvalue weighted by atomic mass is 19.1. The molecule has 2 N–H and O–H groups in total. The van der Waals surface area contributed by atoms with Gasteiger partial charge in [-0.1, -0.05) is 12.8 Å². The van der Waals surface area contributed by atoms with Gasteiger partial charge in [-0.2, -0.15) is 0 Å². The van der Waals surface area contributed by atoms with Gasteiger partial charge in [0.25, 0.3) is 0 Å². The van der Waals surface area contributed by atoms with E-state index in [-0.39, 0.29) is 5.75 Å². The summed E-state index contributed by atoms with van der Waals surface area (Å²) in [6, 6.07) is 2.05. The molecule has 0 unspecified atom stereocenters. The molecule has 4 heteroatoms. The molecule has 1 saturated carbocycles. The van der Waals surface area contributed by atoms with Crippen LogP contribution < -0.4 is 10.5 Å². The van der Waals surface area contributed by atoms with Crippen LogP contribution in [0.15, 0.2) is 12.1 Å². The first-order valence-corrected chi connectivity index (χ1v) is 5.39. The number of ether oxygens (including phenoxy) is 1. The molecule has 1 fully saturated rings. The lowest BCUT2D eigenvalue weighted by atomic mass is 9.88. The van der Waals surface area contributed by atoms with Gasteiger partial charge in [0.05, 0.1) is 7.11 Å². The molecule has 0 radical (unpaired) electrons. The molecule has 1 aromatic carbocycles. The van der Waals surface area contributed by atoms with Crippen LogP contribution in [0, 0.1) is 11.6 Å². The number of methoxy groups -OCH3 is 1. The maximum Gasteiger partial charge on any atom is 0.134 e.